The predicted octanol–water partition coefficient (Wildman–Crippen LogP) is 5.86. The molecule has 0 aromatic carbocycles. The Labute approximate surface area is 273 Å². The Hall–Kier alpha value is -3.07. The van der Waals surface area contributed by atoms with E-state index in [1.807, 2.05) is 58.9 Å². The number of aliphatic carboxylic acids is 1. The number of carbonyl (C=O) groups excluding carboxylic acids is 2. The van der Waals surface area contributed by atoms with Crippen LogP contribution >= 0.6 is 0 Å². The molecule has 1 aliphatic heterocycles. The Morgan fingerprint density at radius 3 is 2.46 bits per heavy atom. The summed E-state index contributed by atoms with van der Waals surface area (Å²) in [5.74, 6) is -4.64. The van der Waals surface area contributed by atoms with Crippen molar-refractivity contribution in [3.63, 3.8) is 0 Å². The highest BCUT2D eigenvalue weighted by molar-refractivity contribution is 5.99. The number of hydrogen-bond donors (Lipinski definition) is 4. The van der Waals surface area contributed by atoms with Crippen LogP contribution in [0.25, 0.3) is 0 Å². The molecule has 0 saturated heterocycles. The fourth-order valence-electron chi connectivity index (χ4n) is 8.08. The molecule has 8 heteroatoms. The standard InChI is InChI=1S/C38H52O8/c1-19(15-20(2)16-30(39)25(7)36(42)43)11-9-8-10-12-26-22(4)17-29-27(14-13-21(3)35(29)41)34-33(26)32-24(6)31(40)18-28(32)23(5)37(44)46-38(34)45/h8-12,17,20-21,24-27,29-31,34-35,39-41H,13-16,18H2,1-7H3,(H,42,43)/b9-8+,12-10+,19-11+,28-23?,33-32?/t20-,21+,24+,25+,26+,27+,29-,30-,31-,34-,35-/m0/s1. The van der Waals surface area contributed by atoms with Crippen LogP contribution in [0.4, 0.5) is 0 Å². The summed E-state index contributed by atoms with van der Waals surface area (Å²) < 4.78 is 5.50. The number of carboxylic acids is 1. The zero-order valence-corrected chi connectivity index (χ0v) is 28.3. The van der Waals surface area contributed by atoms with Crippen molar-refractivity contribution >= 4 is 17.9 Å². The van der Waals surface area contributed by atoms with Crippen molar-refractivity contribution in [1.29, 1.82) is 0 Å². The van der Waals surface area contributed by atoms with Gasteiger partial charge in [-0.3, -0.25) is 9.59 Å². The lowest BCUT2D eigenvalue weighted by Crippen LogP contribution is -2.43. The van der Waals surface area contributed by atoms with Gasteiger partial charge >= 0.3 is 17.9 Å². The number of esters is 2. The summed E-state index contributed by atoms with van der Waals surface area (Å²) in [6, 6.07) is 0. The van der Waals surface area contributed by atoms with Crippen LogP contribution in [-0.2, 0) is 19.1 Å². The topological polar surface area (TPSA) is 141 Å². The fraction of sp³-hybridized carbons (Fsp3) is 0.605. The summed E-state index contributed by atoms with van der Waals surface area (Å²) in [5.41, 5.74) is 4.99. The van der Waals surface area contributed by atoms with Gasteiger partial charge in [0, 0.05) is 23.3 Å². The van der Waals surface area contributed by atoms with Gasteiger partial charge in [-0.05, 0) is 94.3 Å². The highest BCUT2D eigenvalue weighted by Gasteiger charge is 2.51. The van der Waals surface area contributed by atoms with Crippen LogP contribution in [0.1, 0.15) is 80.6 Å². The lowest BCUT2D eigenvalue weighted by atomic mass is 9.65. The number of fused-ring (bicyclic) bond motifs is 4. The average molecular weight is 637 g/mol. The third-order valence-corrected chi connectivity index (χ3v) is 10.9. The second-order valence-corrected chi connectivity index (χ2v) is 14.4. The SMILES string of the molecule is CC1=C[C@@H]2[C@@H](O)[C@H](C)CC[C@H]2[C@@H]2C(=O)OC(=O)C(C)=C3C[C@H](O)[C@@H](C)C3=C2[C@@H]1/C=C/C=C/C=C(\C)C[C@H](C)C[C@H](O)[C@@H](C)C(=O)O. The Kier molecular flexibility index (Phi) is 11.5. The number of carbonyl (C=O) groups is 3. The zero-order chi connectivity index (χ0) is 34.0. The van der Waals surface area contributed by atoms with Crippen molar-refractivity contribution in [2.75, 3.05) is 0 Å². The van der Waals surface area contributed by atoms with Gasteiger partial charge in [-0.25, -0.2) is 4.79 Å². The van der Waals surface area contributed by atoms with E-state index in [1.165, 1.54) is 6.92 Å². The molecule has 8 nitrogen and oxygen atoms in total. The van der Waals surface area contributed by atoms with Crippen molar-refractivity contribution < 1.29 is 39.5 Å². The number of carboxylic acid groups (broad SMARTS) is 1. The van der Waals surface area contributed by atoms with Crippen molar-refractivity contribution in [1.82, 2.24) is 0 Å². The summed E-state index contributed by atoms with van der Waals surface area (Å²) in [4.78, 5) is 38.1. The first-order chi connectivity index (χ1) is 21.6. The van der Waals surface area contributed by atoms with E-state index in [4.69, 9.17) is 9.84 Å². The Morgan fingerprint density at radius 1 is 1.09 bits per heavy atom. The lowest BCUT2D eigenvalue weighted by Gasteiger charge is -2.41. The van der Waals surface area contributed by atoms with E-state index in [0.717, 1.165) is 47.1 Å². The molecule has 46 heavy (non-hydrogen) atoms. The van der Waals surface area contributed by atoms with Crippen LogP contribution in [0.2, 0.25) is 0 Å². The Morgan fingerprint density at radius 2 is 1.78 bits per heavy atom. The average Bonchev–Trinajstić information content (AvgIpc) is 3.21. The van der Waals surface area contributed by atoms with Crippen LogP contribution < -0.4 is 0 Å². The second kappa shape index (κ2) is 14.8. The van der Waals surface area contributed by atoms with Gasteiger partial charge in [-0.15, -0.1) is 0 Å². The van der Waals surface area contributed by atoms with Gasteiger partial charge in [0.05, 0.1) is 30.1 Å². The monoisotopic (exact) mass is 636 g/mol. The molecule has 0 radical (unpaired) electrons. The van der Waals surface area contributed by atoms with Gasteiger partial charge in [0.15, 0.2) is 0 Å². The second-order valence-electron chi connectivity index (χ2n) is 14.4. The van der Waals surface area contributed by atoms with Crippen LogP contribution in [0.15, 0.2) is 69.9 Å². The number of ether oxygens (including phenoxy) is 1. The van der Waals surface area contributed by atoms with Crippen molar-refractivity contribution in [2.24, 2.45) is 47.3 Å². The van der Waals surface area contributed by atoms with E-state index in [1.54, 1.807) is 6.92 Å². The van der Waals surface area contributed by atoms with Crippen LogP contribution in [0.5, 0.6) is 0 Å². The quantitative estimate of drug-likeness (QED) is 0.107. The number of aliphatic hydroxyl groups excluding tert-OH is 3. The third-order valence-electron chi connectivity index (χ3n) is 10.9. The number of cyclic esters (lactones) is 2. The summed E-state index contributed by atoms with van der Waals surface area (Å²) in [7, 11) is 0. The molecule has 0 aromatic rings. The molecule has 11 atom stereocenters. The van der Waals surface area contributed by atoms with Gasteiger partial charge < -0.3 is 25.2 Å². The summed E-state index contributed by atoms with van der Waals surface area (Å²) in [6.07, 6.45) is 12.7. The van der Waals surface area contributed by atoms with E-state index in [9.17, 15) is 29.7 Å². The summed E-state index contributed by atoms with van der Waals surface area (Å²) >= 11 is 0. The summed E-state index contributed by atoms with van der Waals surface area (Å²) in [5, 5.41) is 41.7. The van der Waals surface area contributed by atoms with Gasteiger partial charge in [-0.1, -0.05) is 68.4 Å². The minimum absolute atomic E-state index is 0.0779. The minimum Gasteiger partial charge on any atom is -0.481 e. The maximum atomic E-state index is 13.9. The van der Waals surface area contributed by atoms with E-state index in [-0.39, 0.29) is 35.5 Å². The molecule has 4 N–H and O–H groups in total. The van der Waals surface area contributed by atoms with Crippen LogP contribution in [0, 0.1) is 47.3 Å². The molecule has 0 aromatic heterocycles. The number of hydrogen-bond acceptors (Lipinski definition) is 7. The largest absolute Gasteiger partial charge is 0.481 e. The minimum atomic E-state index is -1.00. The number of allylic oxidation sites excluding steroid dienone is 7. The van der Waals surface area contributed by atoms with Gasteiger partial charge in [0.1, 0.15) is 0 Å². The molecule has 2 saturated carbocycles. The molecular weight excluding hydrogens is 584 g/mol. The molecule has 0 amide bonds. The van der Waals surface area contributed by atoms with Crippen molar-refractivity contribution in [3.8, 4) is 0 Å². The Bertz CT molecular complexity index is 1390. The third kappa shape index (κ3) is 7.40. The smallest absolute Gasteiger partial charge is 0.341 e. The van der Waals surface area contributed by atoms with E-state index >= 15 is 0 Å². The molecule has 0 spiro atoms. The normalized spacial score (nSPS) is 34.3. The molecule has 1 heterocycles. The van der Waals surface area contributed by atoms with Crippen molar-refractivity contribution in [2.45, 2.75) is 98.9 Å². The van der Waals surface area contributed by atoms with Gasteiger partial charge in [0.2, 0.25) is 0 Å². The van der Waals surface area contributed by atoms with E-state index in [2.05, 4.69) is 12.2 Å². The number of rotatable bonds is 9. The predicted molar refractivity (Wildman–Crippen MR) is 176 cm³/mol. The molecule has 4 rings (SSSR count). The zero-order valence-electron chi connectivity index (χ0n) is 28.3. The van der Waals surface area contributed by atoms with Crippen molar-refractivity contribution in [3.05, 3.63) is 69.9 Å². The first kappa shape index (κ1) is 35.8. The van der Waals surface area contributed by atoms with Gasteiger partial charge in [0.25, 0.3) is 0 Å². The molecule has 4 aliphatic rings. The molecular formula is C38H52O8. The van der Waals surface area contributed by atoms with E-state index in [0.29, 0.717) is 18.4 Å². The molecule has 0 unspecified atom stereocenters. The lowest BCUT2D eigenvalue weighted by molar-refractivity contribution is -0.162. The Balaban J connectivity index is 1.69. The van der Waals surface area contributed by atoms with Gasteiger partial charge in [-0.2, -0.15) is 0 Å². The highest BCUT2D eigenvalue weighted by atomic mass is 16.6. The maximum Gasteiger partial charge on any atom is 0.341 e. The first-order valence-corrected chi connectivity index (χ1v) is 16.8. The highest BCUT2D eigenvalue weighted by Crippen LogP contribution is 2.53. The fourth-order valence-corrected chi connectivity index (χ4v) is 8.08. The molecule has 0 bridgehead atoms. The van der Waals surface area contributed by atoms with E-state index < -0.39 is 48.1 Å². The maximum absolute atomic E-state index is 13.9. The first-order valence-electron chi connectivity index (χ1n) is 16.8. The number of aliphatic hydroxyl groups is 3. The summed E-state index contributed by atoms with van der Waals surface area (Å²) in [6.45, 7) is 13.2. The van der Waals surface area contributed by atoms with Crippen LogP contribution in [-0.4, -0.2) is 56.6 Å². The van der Waals surface area contributed by atoms with Crippen LogP contribution in [0.3, 0.4) is 0 Å². The molecule has 2 fully saturated rings. The molecule has 252 valence electrons. The molecule has 3 aliphatic carbocycles.